The van der Waals surface area contributed by atoms with Gasteiger partial charge in [0, 0.05) is 19.6 Å². The summed E-state index contributed by atoms with van der Waals surface area (Å²) in [5, 5.41) is 3.15. The topological polar surface area (TPSA) is 58.6 Å². The van der Waals surface area contributed by atoms with Gasteiger partial charge < -0.3 is 15.0 Å². The lowest BCUT2D eigenvalue weighted by Crippen LogP contribution is -2.43. The van der Waals surface area contributed by atoms with Gasteiger partial charge in [-0.25, -0.2) is 4.79 Å². The number of benzene rings is 1. The van der Waals surface area contributed by atoms with E-state index in [1.54, 1.807) is 0 Å². The first-order valence-corrected chi connectivity index (χ1v) is 10.7. The van der Waals surface area contributed by atoms with Crippen LogP contribution >= 0.6 is 0 Å². The highest BCUT2D eigenvalue weighted by Crippen LogP contribution is 2.31. The molecule has 0 spiro atoms. The molecule has 0 saturated carbocycles. The van der Waals surface area contributed by atoms with Crippen LogP contribution in [0.4, 0.5) is 4.79 Å². The van der Waals surface area contributed by atoms with Crippen molar-refractivity contribution in [2.24, 2.45) is 5.92 Å². The summed E-state index contributed by atoms with van der Waals surface area (Å²) in [4.78, 5) is 26.9. The molecule has 2 aliphatic rings. The third kappa shape index (κ3) is 5.49. The normalized spacial score (nSPS) is 22.3. The van der Waals surface area contributed by atoms with E-state index in [1.165, 1.54) is 11.1 Å². The fourth-order valence-corrected chi connectivity index (χ4v) is 4.34. The standard InChI is InChI=1S/C23H34N2O3/c1-23(2,3)28-22(27)25-15-7-8-17(16-25)13-14-24-21(26)20-12-6-10-18-9-4-5-11-19(18)20/h4-5,9,11,17,20H,6-8,10,12-16H2,1-3H3,(H,24,26). The van der Waals surface area contributed by atoms with Crippen LogP contribution in [0.5, 0.6) is 0 Å². The van der Waals surface area contributed by atoms with E-state index < -0.39 is 5.60 Å². The molecule has 2 amide bonds. The maximum absolute atomic E-state index is 12.7. The molecule has 1 fully saturated rings. The van der Waals surface area contributed by atoms with Crippen LogP contribution in [0.2, 0.25) is 0 Å². The predicted octanol–water partition coefficient (Wildman–Crippen LogP) is 4.26. The Balaban J connectivity index is 1.46. The van der Waals surface area contributed by atoms with E-state index >= 15 is 0 Å². The van der Waals surface area contributed by atoms with Gasteiger partial charge in [0.25, 0.3) is 0 Å². The second-order valence-electron chi connectivity index (χ2n) is 9.16. The van der Waals surface area contributed by atoms with Crippen molar-refractivity contribution in [1.29, 1.82) is 0 Å². The molecule has 1 N–H and O–H groups in total. The zero-order valence-electron chi connectivity index (χ0n) is 17.5. The highest BCUT2D eigenvalue weighted by atomic mass is 16.6. The molecular weight excluding hydrogens is 352 g/mol. The molecule has 1 saturated heterocycles. The van der Waals surface area contributed by atoms with Crippen molar-refractivity contribution < 1.29 is 14.3 Å². The SMILES string of the molecule is CC(C)(C)OC(=O)N1CCCC(CCNC(=O)C2CCCc3ccccc32)C1. The second-order valence-corrected chi connectivity index (χ2v) is 9.16. The van der Waals surface area contributed by atoms with Crippen molar-refractivity contribution in [2.75, 3.05) is 19.6 Å². The largest absolute Gasteiger partial charge is 0.444 e. The summed E-state index contributed by atoms with van der Waals surface area (Å²) in [6, 6.07) is 8.32. The molecule has 28 heavy (non-hydrogen) atoms. The van der Waals surface area contributed by atoms with Gasteiger partial charge in [-0.2, -0.15) is 0 Å². The van der Waals surface area contributed by atoms with Crippen molar-refractivity contribution in [2.45, 2.75) is 70.8 Å². The highest BCUT2D eigenvalue weighted by molar-refractivity contribution is 5.84. The molecule has 2 unspecified atom stereocenters. The average Bonchev–Trinajstić information content (AvgIpc) is 2.66. The Hall–Kier alpha value is -2.04. The number of fused-ring (bicyclic) bond motifs is 1. The average molecular weight is 387 g/mol. The van der Waals surface area contributed by atoms with E-state index in [0.29, 0.717) is 12.5 Å². The first-order valence-electron chi connectivity index (χ1n) is 10.7. The van der Waals surface area contributed by atoms with Crippen molar-refractivity contribution >= 4 is 12.0 Å². The van der Waals surface area contributed by atoms with Gasteiger partial charge in [0.2, 0.25) is 5.91 Å². The molecule has 5 nitrogen and oxygen atoms in total. The van der Waals surface area contributed by atoms with Gasteiger partial charge in [0.15, 0.2) is 0 Å². The van der Waals surface area contributed by atoms with Crippen LogP contribution < -0.4 is 5.32 Å². The van der Waals surface area contributed by atoms with Crippen LogP contribution in [0, 0.1) is 5.92 Å². The molecular formula is C23H34N2O3. The molecule has 154 valence electrons. The third-order valence-electron chi connectivity index (χ3n) is 5.71. The number of carbonyl (C=O) groups is 2. The third-order valence-corrected chi connectivity index (χ3v) is 5.71. The number of aryl methyl sites for hydroxylation is 1. The summed E-state index contributed by atoms with van der Waals surface area (Å²) >= 11 is 0. The number of carbonyl (C=O) groups excluding carboxylic acids is 2. The van der Waals surface area contributed by atoms with Crippen LogP contribution in [-0.4, -0.2) is 42.1 Å². The van der Waals surface area contributed by atoms with E-state index in [1.807, 2.05) is 31.7 Å². The molecule has 0 bridgehead atoms. The first-order chi connectivity index (χ1) is 13.3. The second kappa shape index (κ2) is 8.97. The Morgan fingerprint density at radius 2 is 1.96 bits per heavy atom. The number of rotatable bonds is 4. The summed E-state index contributed by atoms with van der Waals surface area (Å²) in [5.74, 6) is 0.543. The molecule has 3 rings (SSSR count). The minimum atomic E-state index is -0.464. The van der Waals surface area contributed by atoms with Crippen molar-refractivity contribution in [3.05, 3.63) is 35.4 Å². The zero-order chi connectivity index (χ0) is 20.1. The number of amides is 2. The summed E-state index contributed by atoms with van der Waals surface area (Å²) < 4.78 is 5.50. The van der Waals surface area contributed by atoms with Crippen LogP contribution in [0.25, 0.3) is 0 Å². The Kier molecular flexibility index (Phi) is 6.63. The van der Waals surface area contributed by atoms with Gasteiger partial charge in [-0.15, -0.1) is 0 Å². The van der Waals surface area contributed by atoms with E-state index in [2.05, 4.69) is 23.5 Å². The molecule has 0 aromatic heterocycles. The Morgan fingerprint density at radius 3 is 2.75 bits per heavy atom. The lowest BCUT2D eigenvalue weighted by molar-refractivity contribution is -0.122. The molecule has 1 aromatic carbocycles. The highest BCUT2D eigenvalue weighted by Gasteiger charge is 2.29. The van der Waals surface area contributed by atoms with Gasteiger partial charge in [-0.05, 0) is 76.3 Å². The predicted molar refractivity (Wildman–Crippen MR) is 110 cm³/mol. The van der Waals surface area contributed by atoms with Crippen molar-refractivity contribution in [1.82, 2.24) is 10.2 Å². The summed E-state index contributed by atoms with van der Waals surface area (Å²) in [5.41, 5.74) is 2.04. The van der Waals surface area contributed by atoms with Crippen LogP contribution in [0.3, 0.4) is 0 Å². The molecule has 1 aromatic rings. The maximum atomic E-state index is 12.7. The smallest absolute Gasteiger partial charge is 0.410 e. The molecule has 1 aliphatic carbocycles. The van der Waals surface area contributed by atoms with Crippen molar-refractivity contribution in [3.63, 3.8) is 0 Å². The fourth-order valence-electron chi connectivity index (χ4n) is 4.34. The summed E-state index contributed by atoms with van der Waals surface area (Å²) in [6.45, 7) is 7.83. The van der Waals surface area contributed by atoms with E-state index in [9.17, 15) is 9.59 Å². The number of nitrogens with zero attached hydrogens (tertiary/aromatic N) is 1. The molecule has 1 aliphatic heterocycles. The molecule has 1 heterocycles. The fraction of sp³-hybridized carbons (Fsp3) is 0.652. The van der Waals surface area contributed by atoms with Crippen LogP contribution in [0.15, 0.2) is 24.3 Å². The Bertz CT molecular complexity index is 695. The quantitative estimate of drug-likeness (QED) is 0.841. The van der Waals surface area contributed by atoms with Crippen molar-refractivity contribution in [3.8, 4) is 0 Å². The number of hydrogen-bond acceptors (Lipinski definition) is 3. The maximum Gasteiger partial charge on any atom is 0.410 e. The summed E-state index contributed by atoms with van der Waals surface area (Å²) in [6.07, 6.45) is 5.85. The number of hydrogen-bond donors (Lipinski definition) is 1. The van der Waals surface area contributed by atoms with E-state index in [4.69, 9.17) is 4.74 Å². The number of likely N-dealkylation sites (tertiary alicyclic amines) is 1. The zero-order valence-corrected chi connectivity index (χ0v) is 17.5. The number of nitrogens with one attached hydrogen (secondary N) is 1. The monoisotopic (exact) mass is 386 g/mol. The van der Waals surface area contributed by atoms with Gasteiger partial charge in [0.1, 0.15) is 5.60 Å². The molecule has 0 radical (unpaired) electrons. The van der Waals surface area contributed by atoms with Gasteiger partial charge in [0.05, 0.1) is 5.92 Å². The van der Waals surface area contributed by atoms with Crippen LogP contribution in [-0.2, 0) is 16.0 Å². The molecule has 5 heteroatoms. The lowest BCUT2D eigenvalue weighted by Gasteiger charge is -2.34. The first kappa shape index (κ1) is 20.7. The molecule has 2 atom stereocenters. The van der Waals surface area contributed by atoms with Crippen LogP contribution in [0.1, 0.15) is 69.9 Å². The number of ether oxygens (including phenoxy) is 1. The van der Waals surface area contributed by atoms with E-state index in [-0.39, 0.29) is 17.9 Å². The summed E-state index contributed by atoms with van der Waals surface area (Å²) in [7, 11) is 0. The Morgan fingerprint density at radius 1 is 1.18 bits per heavy atom. The lowest BCUT2D eigenvalue weighted by atomic mass is 9.82. The van der Waals surface area contributed by atoms with Gasteiger partial charge >= 0.3 is 6.09 Å². The van der Waals surface area contributed by atoms with Gasteiger partial charge in [-0.3, -0.25) is 4.79 Å². The minimum Gasteiger partial charge on any atom is -0.444 e. The number of piperidine rings is 1. The van der Waals surface area contributed by atoms with Gasteiger partial charge in [-0.1, -0.05) is 24.3 Å². The minimum absolute atomic E-state index is 0.0189. The Labute approximate surface area is 168 Å². The van der Waals surface area contributed by atoms with E-state index in [0.717, 1.165) is 51.6 Å².